The number of sulfonamides is 1. The van der Waals surface area contributed by atoms with Crippen LogP contribution in [0.5, 0.6) is 0 Å². The van der Waals surface area contributed by atoms with Crippen molar-refractivity contribution in [3.63, 3.8) is 0 Å². The summed E-state index contributed by atoms with van der Waals surface area (Å²) in [5.74, 6) is 1.09. The number of nitrogen functional groups attached to an aromatic ring is 1. The van der Waals surface area contributed by atoms with E-state index in [0.29, 0.717) is 24.7 Å². The summed E-state index contributed by atoms with van der Waals surface area (Å²) in [5, 5.41) is 0.817. The molecule has 1 aliphatic heterocycles. The Morgan fingerprint density at radius 2 is 2.14 bits per heavy atom. The first-order valence-electron chi connectivity index (χ1n) is 6.92. The van der Waals surface area contributed by atoms with Gasteiger partial charge in [0, 0.05) is 25.3 Å². The number of anilines is 1. The average Bonchev–Trinajstić information content (AvgIpc) is 2.82. The van der Waals surface area contributed by atoms with E-state index in [-0.39, 0.29) is 6.04 Å². The van der Waals surface area contributed by atoms with E-state index < -0.39 is 10.0 Å². The monoisotopic (exact) mass is 309 g/mol. The van der Waals surface area contributed by atoms with E-state index in [1.807, 2.05) is 16.8 Å². The lowest BCUT2D eigenvalue weighted by molar-refractivity contribution is 0.271. The molecule has 2 aromatic heterocycles. The summed E-state index contributed by atoms with van der Waals surface area (Å²) in [6, 6.07) is 1.98. The Hall–Kier alpha value is -1.67. The van der Waals surface area contributed by atoms with E-state index >= 15 is 0 Å². The fraction of sp³-hybridized carbons (Fsp3) is 0.538. The zero-order valence-corrected chi connectivity index (χ0v) is 13.0. The molecule has 1 fully saturated rings. The molecule has 3 rings (SSSR count). The highest BCUT2D eigenvalue weighted by Crippen LogP contribution is 2.28. The van der Waals surface area contributed by atoms with Gasteiger partial charge in [-0.05, 0) is 25.8 Å². The number of hydrogen-bond acceptors (Lipinski definition) is 5. The molecule has 1 saturated heterocycles. The summed E-state index contributed by atoms with van der Waals surface area (Å²) in [5.41, 5.74) is 6.70. The van der Waals surface area contributed by atoms with Gasteiger partial charge in [0.2, 0.25) is 10.0 Å². The van der Waals surface area contributed by atoms with Crippen molar-refractivity contribution in [2.75, 3.05) is 25.1 Å². The van der Waals surface area contributed by atoms with Crippen molar-refractivity contribution < 1.29 is 8.42 Å². The van der Waals surface area contributed by atoms with Gasteiger partial charge >= 0.3 is 0 Å². The van der Waals surface area contributed by atoms with Gasteiger partial charge in [-0.3, -0.25) is 0 Å². The first kappa shape index (κ1) is 14.3. The van der Waals surface area contributed by atoms with Crippen LogP contribution in [0.2, 0.25) is 0 Å². The van der Waals surface area contributed by atoms with Gasteiger partial charge in [-0.2, -0.15) is 0 Å². The smallest absolute Gasteiger partial charge is 0.211 e. The Labute approximate surface area is 123 Å². The van der Waals surface area contributed by atoms with Crippen LogP contribution >= 0.6 is 0 Å². The maximum absolute atomic E-state index is 11.7. The zero-order valence-electron chi connectivity index (χ0n) is 12.2. The third-order valence-electron chi connectivity index (χ3n) is 3.93. The summed E-state index contributed by atoms with van der Waals surface area (Å²) in [6.45, 7) is 2.87. The van der Waals surface area contributed by atoms with Crippen LogP contribution in [0, 0.1) is 6.92 Å². The molecule has 8 heteroatoms. The molecule has 7 nitrogen and oxygen atoms in total. The fourth-order valence-corrected chi connectivity index (χ4v) is 3.82. The Balaban J connectivity index is 2.01. The lowest BCUT2D eigenvalue weighted by atomic mass is 10.1. The number of hydrogen-bond donors (Lipinski definition) is 1. The minimum atomic E-state index is -3.16. The second kappa shape index (κ2) is 4.96. The largest absolute Gasteiger partial charge is 0.383 e. The van der Waals surface area contributed by atoms with E-state index in [4.69, 9.17) is 5.73 Å². The van der Waals surface area contributed by atoms with Gasteiger partial charge in [0.1, 0.15) is 17.3 Å². The number of piperidine rings is 1. The van der Waals surface area contributed by atoms with Gasteiger partial charge in [-0.1, -0.05) is 0 Å². The molecule has 1 aliphatic rings. The number of aryl methyl sites for hydroxylation is 1. The molecule has 0 radical (unpaired) electrons. The van der Waals surface area contributed by atoms with Crippen LogP contribution in [0.1, 0.15) is 24.7 Å². The molecule has 0 aromatic carbocycles. The molecule has 2 N–H and O–H groups in total. The Morgan fingerprint density at radius 1 is 1.38 bits per heavy atom. The zero-order chi connectivity index (χ0) is 15.2. The van der Waals surface area contributed by atoms with E-state index in [9.17, 15) is 8.42 Å². The Morgan fingerprint density at radius 3 is 2.86 bits per heavy atom. The summed E-state index contributed by atoms with van der Waals surface area (Å²) >= 11 is 0. The fourth-order valence-electron chi connectivity index (χ4n) is 2.91. The van der Waals surface area contributed by atoms with Crippen molar-refractivity contribution in [3.8, 4) is 0 Å². The first-order chi connectivity index (χ1) is 9.86. The van der Waals surface area contributed by atoms with E-state index in [1.54, 1.807) is 6.92 Å². The second-order valence-corrected chi connectivity index (χ2v) is 7.52. The maximum atomic E-state index is 11.7. The molecule has 0 aliphatic carbocycles. The number of nitrogens with zero attached hydrogens (tertiary/aromatic N) is 4. The third kappa shape index (κ3) is 2.60. The van der Waals surface area contributed by atoms with Gasteiger partial charge < -0.3 is 10.3 Å². The molecule has 21 heavy (non-hydrogen) atoms. The molecular weight excluding hydrogens is 290 g/mol. The number of nitrogens with two attached hydrogens (primary N) is 1. The lowest BCUT2D eigenvalue weighted by Gasteiger charge is -2.32. The van der Waals surface area contributed by atoms with Crippen molar-refractivity contribution in [1.82, 2.24) is 18.8 Å². The molecule has 2 aromatic rings. The molecule has 0 saturated carbocycles. The van der Waals surface area contributed by atoms with E-state index in [1.165, 1.54) is 10.6 Å². The highest BCUT2D eigenvalue weighted by Gasteiger charge is 2.27. The van der Waals surface area contributed by atoms with Crippen LogP contribution in [0.3, 0.4) is 0 Å². The van der Waals surface area contributed by atoms with Crippen LogP contribution in [-0.4, -0.2) is 46.6 Å². The normalized spacial score (nSPS) is 21.0. The Kier molecular flexibility index (Phi) is 3.37. The minimum absolute atomic E-state index is 0.0830. The van der Waals surface area contributed by atoms with Crippen molar-refractivity contribution in [2.45, 2.75) is 25.8 Å². The molecule has 0 bridgehead atoms. The van der Waals surface area contributed by atoms with Crippen LogP contribution in [0.25, 0.3) is 11.0 Å². The SMILES string of the molecule is Cc1nc(N)c2ccn(C3CCCN(S(C)(=O)=O)C3)c2n1. The number of fused-ring (bicyclic) bond motifs is 1. The molecule has 0 amide bonds. The van der Waals surface area contributed by atoms with Gasteiger partial charge in [-0.25, -0.2) is 22.7 Å². The quantitative estimate of drug-likeness (QED) is 0.890. The molecule has 0 spiro atoms. The molecular formula is C13H19N5O2S. The van der Waals surface area contributed by atoms with Crippen molar-refractivity contribution in [3.05, 3.63) is 18.1 Å². The van der Waals surface area contributed by atoms with Gasteiger partial charge in [0.25, 0.3) is 0 Å². The third-order valence-corrected chi connectivity index (χ3v) is 5.20. The maximum Gasteiger partial charge on any atom is 0.211 e. The van der Waals surface area contributed by atoms with Gasteiger partial charge in [0.05, 0.1) is 11.6 Å². The van der Waals surface area contributed by atoms with Crippen molar-refractivity contribution in [2.24, 2.45) is 0 Å². The first-order valence-corrected chi connectivity index (χ1v) is 8.77. The van der Waals surface area contributed by atoms with Gasteiger partial charge in [0.15, 0.2) is 0 Å². The highest BCUT2D eigenvalue weighted by molar-refractivity contribution is 7.88. The van der Waals surface area contributed by atoms with E-state index in [0.717, 1.165) is 23.9 Å². The standard InChI is InChI=1S/C13H19N5O2S/c1-9-15-12(14)11-5-7-18(13(11)16-9)10-4-3-6-17(8-10)21(2,19)20/h5,7,10H,3-4,6,8H2,1-2H3,(H2,14,15,16). The molecule has 1 unspecified atom stereocenters. The molecule has 3 heterocycles. The summed E-state index contributed by atoms with van der Waals surface area (Å²) < 4.78 is 27.0. The summed E-state index contributed by atoms with van der Waals surface area (Å²) in [4.78, 5) is 8.62. The van der Waals surface area contributed by atoms with E-state index in [2.05, 4.69) is 9.97 Å². The predicted molar refractivity (Wildman–Crippen MR) is 81.4 cm³/mol. The predicted octanol–water partition coefficient (Wildman–Crippen LogP) is 0.918. The lowest BCUT2D eigenvalue weighted by Crippen LogP contribution is -2.39. The van der Waals surface area contributed by atoms with Crippen LogP contribution in [0.4, 0.5) is 5.82 Å². The topological polar surface area (TPSA) is 94.1 Å². The number of rotatable bonds is 2. The second-order valence-electron chi connectivity index (χ2n) is 5.53. The van der Waals surface area contributed by atoms with Crippen LogP contribution < -0.4 is 5.73 Å². The highest BCUT2D eigenvalue weighted by atomic mass is 32.2. The van der Waals surface area contributed by atoms with Crippen LogP contribution in [0.15, 0.2) is 12.3 Å². The summed E-state index contributed by atoms with van der Waals surface area (Å²) in [6.07, 6.45) is 4.95. The minimum Gasteiger partial charge on any atom is -0.383 e. The van der Waals surface area contributed by atoms with Gasteiger partial charge in [-0.15, -0.1) is 0 Å². The Bertz CT molecular complexity index is 783. The van der Waals surface area contributed by atoms with Crippen LogP contribution in [-0.2, 0) is 10.0 Å². The molecule has 1 atom stereocenters. The molecule has 114 valence electrons. The average molecular weight is 309 g/mol. The van der Waals surface area contributed by atoms with Crippen molar-refractivity contribution >= 4 is 26.9 Å². The number of aromatic nitrogens is 3. The summed E-state index contributed by atoms with van der Waals surface area (Å²) in [7, 11) is -3.16. The van der Waals surface area contributed by atoms with Crippen molar-refractivity contribution in [1.29, 1.82) is 0 Å².